The minimum atomic E-state index is 0.239. The summed E-state index contributed by atoms with van der Waals surface area (Å²) in [5.74, 6) is 3.11. The van der Waals surface area contributed by atoms with E-state index in [-0.39, 0.29) is 5.60 Å². The van der Waals surface area contributed by atoms with Crippen molar-refractivity contribution in [1.29, 1.82) is 0 Å². The van der Waals surface area contributed by atoms with Crippen LogP contribution in [0, 0.1) is 17.8 Å². The second-order valence-electron chi connectivity index (χ2n) is 8.96. The van der Waals surface area contributed by atoms with Gasteiger partial charge in [-0.05, 0) is 62.7 Å². The van der Waals surface area contributed by atoms with Gasteiger partial charge in [0.25, 0.3) is 0 Å². The number of ether oxygens (including phenoxy) is 1. The van der Waals surface area contributed by atoms with Gasteiger partial charge in [-0.15, -0.1) is 0 Å². The monoisotopic (exact) mass is 336 g/mol. The molecule has 2 fully saturated rings. The Balaban J connectivity index is 1.66. The number of hydrogen-bond acceptors (Lipinski definition) is 1. The van der Waals surface area contributed by atoms with Crippen molar-refractivity contribution >= 4 is 0 Å². The summed E-state index contributed by atoms with van der Waals surface area (Å²) in [6.07, 6.45) is 22.8. The largest absolute Gasteiger partial charge is 0.378 e. The molecule has 2 rings (SSSR count). The summed E-state index contributed by atoms with van der Waals surface area (Å²) in [6, 6.07) is 0. The minimum absolute atomic E-state index is 0.239. The van der Waals surface area contributed by atoms with E-state index in [9.17, 15) is 0 Å². The summed E-state index contributed by atoms with van der Waals surface area (Å²) in [5, 5.41) is 0. The van der Waals surface area contributed by atoms with Crippen LogP contribution in [-0.4, -0.2) is 12.7 Å². The third-order valence-corrected chi connectivity index (χ3v) is 7.38. The molecule has 0 aromatic heterocycles. The van der Waals surface area contributed by atoms with Crippen LogP contribution in [0.25, 0.3) is 0 Å². The smallest absolute Gasteiger partial charge is 0.0679 e. The predicted molar refractivity (Wildman–Crippen MR) is 105 cm³/mol. The van der Waals surface area contributed by atoms with Crippen LogP contribution in [0.3, 0.4) is 0 Å². The molecule has 0 aromatic rings. The maximum atomic E-state index is 6.00. The van der Waals surface area contributed by atoms with E-state index in [1.54, 1.807) is 0 Å². The van der Waals surface area contributed by atoms with E-state index in [1.807, 2.05) is 7.11 Å². The van der Waals surface area contributed by atoms with Crippen LogP contribution < -0.4 is 0 Å². The fourth-order valence-corrected chi connectivity index (χ4v) is 5.50. The quantitative estimate of drug-likeness (QED) is 0.375. The molecule has 0 spiro atoms. The molecule has 0 saturated heterocycles. The SMILES string of the molecule is CCCCCCC1CCC(C2CCC(CCCC)(OC)CC2)CC1. The van der Waals surface area contributed by atoms with Gasteiger partial charge < -0.3 is 4.74 Å². The van der Waals surface area contributed by atoms with Gasteiger partial charge in [0.1, 0.15) is 0 Å². The fourth-order valence-electron chi connectivity index (χ4n) is 5.50. The number of methoxy groups -OCH3 is 1. The Kier molecular flexibility index (Phi) is 9.16. The first-order valence-corrected chi connectivity index (χ1v) is 11.3. The molecular weight excluding hydrogens is 292 g/mol. The van der Waals surface area contributed by atoms with Crippen LogP contribution in [-0.2, 0) is 4.74 Å². The lowest BCUT2D eigenvalue weighted by atomic mass is 9.67. The number of hydrogen-bond donors (Lipinski definition) is 0. The van der Waals surface area contributed by atoms with E-state index in [1.165, 1.54) is 103 Å². The van der Waals surface area contributed by atoms with Crippen molar-refractivity contribution in [3.05, 3.63) is 0 Å². The van der Waals surface area contributed by atoms with Gasteiger partial charge in [0.15, 0.2) is 0 Å². The van der Waals surface area contributed by atoms with Crippen molar-refractivity contribution in [2.75, 3.05) is 7.11 Å². The molecule has 0 radical (unpaired) electrons. The molecule has 0 N–H and O–H groups in total. The summed E-state index contributed by atoms with van der Waals surface area (Å²) in [5.41, 5.74) is 0.239. The van der Waals surface area contributed by atoms with Crippen molar-refractivity contribution in [2.45, 2.75) is 122 Å². The number of unbranched alkanes of at least 4 members (excludes halogenated alkanes) is 4. The highest BCUT2D eigenvalue weighted by molar-refractivity contribution is 4.90. The summed E-state index contributed by atoms with van der Waals surface area (Å²) in [7, 11) is 1.96. The van der Waals surface area contributed by atoms with Crippen LogP contribution in [0.15, 0.2) is 0 Å². The normalized spacial score (nSPS) is 34.4. The van der Waals surface area contributed by atoms with Crippen molar-refractivity contribution in [2.24, 2.45) is 17.8 Å². The third-order valence-electron chi connectivity index (χ3n) is 7.38. The summed E-state index contributed by atoms with van der Waals surface area (Å²) in [4.78, 5) is 0. The molecule has 2 saturated carbocycles. The highest BCUT2D eigenvalue weighted by Gasteiger charge is 2.38. The lowest BCUT2D eigenvalue weighted by Crippen LogP contribution is -2.38. The second kappa shape index (κ2) is 10.8. The highest BCUT2D eigenvalue weighted by atomic mass is 16.5. The van der Waals surface area contributed by atoms with E-state index in [2.05, 4.69) is 13.8 Å². The Labute approximate surface area is 152 Å². The van der Waals surface area contributed by atoms with Crippen LogP contribution >= 0.6 is 0 Å². The first-order chi connectivity index (χ1) is 11.7. The lowest BCUT2D eigenvalue weighted by Gasteiger charge is -2.43. The Bertz CT molecular complexity index is 308. The van der Waals surface area contributed by atoms with Gasteiger partial charge in [0.05, 0.1) is 5.60 Å². The maximum Gasteiger partial charge on any atom is 0.0679 e. The van der Waals surface area contributed by atoms with Gasteiger partial charge in [0.2, 0.25) is 0 Å². The minimum Gasteiger partial charge on any atom is -0.378 e. The van der Waals surface area contributed by atoms with E-state index >= 15 is 0 Å². The average Bonchev–Trinajstić information content (AvgIpc) is 2.65. The average molecular weight is 337 g/mol. The molecule has 0 unspecified atom stereocenters. The number of rotatable bonds is 10. The van der Waals surface area contributed by atoms with Gasteiger partial charge in [-0.25, -0.2) is 0 Å². The molecule has 0 heterocycles. The summed E-state index contributed by atoms with van der Waals surface area (Å²) < 4.78 is 6.00. The zero-order valence-electron chi connectivity index (χ0n) is 17.0. The van der Waals surface area contributed by atoms with Crippen molar-refractivity contribution in [3.63, 3.8) is 0 Å². The first kappa shape index (κ1) is 20.3. The molecule has 24 heavy (non-hydrogen) atoms. The van der Waals surface area contributed by atoms with Gasteiger partial charge in [0, 0.05) is 7.11 Å². The molecule has 0 amide bonds. The van der Waals surface area contributed by atoms with Crippen LogP contribution in [0.1, 0.15) is 117 Å². The topological polar surface area (TPSA) is 9.23 Å². The second-order valence-corrected chi connectivity index (χ2v) is 8.96. The maximum absolute atomic E-state index is 6.00. The molecule has 0 bridgehead atoms. The molecule has 142 valence electrons. The zero-order chi connectivity index (χ0) is 17.3. The molecule has 0 atom stereocenters. The molecule has 1 nitrogen and oxygen atoms in total. The Morgan fingerprint density at radius 2 is 1.38 bits per heavy atom. The zero-order valence-corrected chi connectivity index (χ0v) is 17.0. The standard InChI is InChI=1S/C23H44O/c1-4-6-8-9-10-20-11-13-21(14-12-20)22-15-18-23(24-3,19-16-22)17-7-5-2/h20-22H,4-19H2,1-3H3. The van der Waals surface area contributed by atoms with Crippen LogP contribution in [0.2, 0.25) is 0 Å². The molecule has 1 heteroatoms. The van der Waals surface area contributed by atoms with Gasteiger partial charge in [-0.1, -0.05) is 71.6 Å². The Morgan fingerprint density at radius 1 is 0.750 bits per heavy atom. The molecule has 2 aliphatic rings. The van der Waals surface area contributed by atoms with Gasteiger partial charge in [-0.2, -0.15) is 0 Å². The lowest BCUT2D eigenvalue weighted by molar-refractivity contribution is -0.0637. The Hall–Kier alpha value is -0.0400. The fraction of sp³-hybridized carbons (Fsp3) is 1.00. The molecule has 0 aromatic carbocycles. The van der Waals surface area contributed by atoms with E-state index < -0.39 is 0 Å². The molecular formula is C23H44O. The van der Waals surface area contributed by atoms with Crippen LogP contribution in [0.4, 0.5) is 0 Å². The van der Waals surface area contributed by atoms with Gasteiger partial charge >= 0.3 is 0 Å². The first-order valence-electron chi connectivity index (χ1n) is 11.3. The van der Waals surface area contributed by atoms with Crippen LogP contribution in [0.5, 0.6) is 0 Å². The van der Waals surface area contributed by atoms with E-state index in [4.69, 9.17) is 4.74 Å². The van der Waals surface area contributed by atoms with Gasteiger partial charge in [-0.3, -0.25) is 0 Å². The molecule has 0 aliphatic heterocycles. The molecule has 2 aliphatic carbocycles. The summed E-state index contributed by atoms with van der Waals surface area (Å²) >= 11 is 0. The van der Waals surface area contributed by atoms with Crippen molar-refractivity contribution < 1.29 is 4.74 Å². The summed E-state index contributed by atoms with van der Waals surface area (Å²) in [6.45, 7) is 4.62. The third kappa shape index (κ3) is 6.04. The van der Waals surface area contributed by atoms with E-state index in [0.717, 1.165) is 17.8 Å². The van der Waals surface area contributed by atoms with Crippen molar-refractivity contribution in [1.82, 2.24) is 0 Å². The van der Waals surface area contributed by atoms with E-state index in [0.29, 0.717) is 0 Å². The van der Waals surface area contributed by atoms with Crippen molar-refractivity contribution in [3.8, 4) is 0 Å². The Morgan fingerprint density at radius 3 is 1.96 bits per heavy atom. The highest BCUT2D eigenvalue weighted by Crippen LogP contribution is 2.45. The predicted octanol–water partition coefficient (Wildman–Crippen LogP) is 7.53.